The van der Waals surface area contributed by atoms with Gasteiger partial charge in [0.15, 0.2) is 0 Å². The molecule has 2 rings (SSSR count). The molecule has 0 bridgehead atoms. The Balaban J connectivity index is 1.86. The molecule has 39 heavy (non-hydrogen) atoms. The summed E-state index contributed by atoms with van der Waals surface area (Å²) in [5.74, 6) is -2.00. The van der Waals surface area contributed by atoms with E-state index in [-0.39, 0.29) is 31.1 Å². The normalized spacial score (nSPS) is 13.0. The minimum absolute atomic E-state index is 0.0979. The monoisotopic (exact) mass is 539 g/mol. The summed E-state index contributed by atoms with van der Waals surface area (Å²) >= 11 is 0. The SMILES string of the molecule is CC(C)C[C@@H](C=O)NC(=O)[C@H](Cc1ccccc1)NC(=O)CNC(=O)CNC(=O)[C@@H](N)Cc1ccc(O)cc1. The van der Waals surface area contributed by atoms with Crippen molar-refractivity contribution in [2.75, 3.05) is 13.1 Å². The third-order valence-corrected chi connectivity index (χ3v) is 5.75. The van der Waals surface area contributed by atoms with E-state index in [0.717, 1.165) is 11.1 Å². The number of benzene rings is 2. The number of hydrogen-bond acceptors (Lipinski definition) is 7. The highest BCUT2D eigenvalue weighted by molar-refractivity contribution is 5.92. The number of carbonyl (C=O) groups is 5. The first kappa shape index (κ1) is 31.0. The van der Waals surface area contributed by atoms with Gasteiger partial charge in [-0.2, -0.15) is 0 Å². The molecule has 4 amide bonds. The van der Waals surface area contributed by atoms with Crippen LogP contribution in [-0.2, 0) is 36.8 Å². The molecular formula is C28H37N5O6. The van der Waals surface area contributed by atoms with Crippen LogP contribution in [0.2, 0.25) is 0 Å². The average molecular weight is 540 g/mol. The van der Waals surface area contributed by atoms with Crippen molar-refractivity contribution in [2.45, 2.75) is 51.2 Å². The van der Waals surface area contributed by atoms with Crippen molar-refractivity contribution in [1.82, 2.24) is 21.3 Å². The lowest BCUT2D eigenvalue weighted by molar-refractivity contribution is -0.131. The van der Waals surface area contributed by atoms with E-state index in [9.17, 15) is 29.1 Å². The number of phenols is 1. The van der Waals surface area contributed by atoms with Gasteiger partial charge < -0.3 is 36.9 Å². The van der Waals surface area contributed by atoms with Gasteiger partial charge in [0, 0.05) is 6.42 Å². The molecule has 0 aliphatic rings. The van der Waals surface area contributed by atoms with Gasteiger partial charge in [-0.05, 0) is 42.0 Å². The van der Waals surface area contributed by atoms with Crippen LogP contribution >= 0.6 is 0 Å². The van der Waals surface area contributed by atoms with Crippen molar-refractivity contribution < 1.29 is 29.1 Å². The highest BCUT2D eigenvalue weighted by Gasteiger charge is 2.24. The average Bonchev–Trinajstić information content (AvgIpc) is 2.91. The van der Waals surface area contributed by atoms with Gasteiger partial charge in [0.05, 0.1) is 25.2 Å². The van der Waals surface area contributed by atoms with Crippen LogP contribution in [0, 0.1) is 5.92 Å². The number of aldehydes is 1. The van der Waals surface area contributed by atoms with E-state index in [0.29, 0.717) is 12.7 Å². The molecule has 210 valence electrons. The van der Waals surface area contributed by atoms with Gasteiger partial charge in [0.1, 0.15) is 18.1 Å². The molecule has 0 aromatic heterocycles. The molecule has 0 radical (unpaired) electrons. The highest BCUT2D eigenvalue weighted by Crippen LogP contribution is 2.11. The van der Waals surface area contributed by atoms with Crippen LogP contribution in [0.1, 0.15) is 31.4 Å². The molecule has 11 nitrogen and oxygen atoms in total. The maximum atomic E-state index is 12.9. The third kappa shape index (κ3) is 11.8. The van der Waals surface area contributed by atoms with Gasteiger partial charge in [-0.15, -0.1) is 0 Å². The van der Waals surface area contributed by atoms with Crippen LogP contribution in [-0.4, -0.2) is 66.2 Å². The van der Waals surface area contributed by atoms with E-state index in [1.54, 1.807) is 12.1 Å². The maximum absolute atomic E-state index is 12.9. The Labute approximate surface area is 227 Å². The molecular weight excluding hydrogens is 502 g/mol. The van der Waals surface area contributed by atoms with Crippen LogP contribution in [0.3, 0.4) is 0 Å². The number of phenolic OH excluding ortho intramolecular Hbond substituents is 1. The van der Waals surface area contributed by atoms with Crippen molar-refractivity contribution >= 4 is 29.9 Å². The lowest BCUT2D eigenvalue weighted by atomic mass is 10.0. The fraction of sp³-hybridized carbons (Fsp3) is 0.393. The zero-order valence-electron chi connectivity index (χ0n) is 22.2. The number of nitrogens with one attached hydrogen (secondary N) is 4. The predicted octanol–water partition coefficient (Wildman–Crippen LogP) is -0.0483. The molecule has 7 N–H and O–H groups in total. The molecule has 2 aromatic rings. The minimum atomic E-state index is -0.969. The highest BCUT2D eigenvalue weighted by atomic mass is 16.3. The Morgan fingerprint density at radius 3 is 2.05 bits per heavy atom. The Bertz CT molecular complexity index is 1110. The summed E-state index contributed by atoms with van der Waals surface area (Å²) in [7, 11) is 0. The summed E-state index contributed by atoms with van der Waals surface area (Å²) < 4.78 is 0. The number of aromatic hydroxyl groups is 1. The van der Waals surface area contributed by atoms with Gasteiger partial charge in [0.25, 0.3) is 0 Å². The second kappa shape index (κ2) is 15.9. The van der Waals surface area contributed by atoms with Gasteiger partial charge >= 0.3 is 0 Å². The molecule has 0 fully saturated rings. The molecule has 0 aliphatic heterocycles. The maximum Gasteiger partial charge on any atom is 0.243 e. The topological polar surface area (TPSA) is 180 Å². The summed E-state index contributed by atoms with van der Waals surface area (Å²) in [5, 5.41) is 19.4. The Morgan fingerprint density at radius 2 is 1.44 bits per heavy atom. The van der Waals surface area contributed by atoms with E-state index >= 15 is 0 Å². The molecule has 2 aromatic carbocycles. The zero-order valence-corrected chi connectivity index (χ0v) is 22.2. The third-order valence-electron chi connectivity index (χ3n) is 5.75. The Morgan fingerprint density at radius 1 is 0.821 bits per heavy atom. The standard InChI is InChI=1S/C28H37N5O6/c1-18(2)12-21(17-34)32-28(39)24(14-19-6-4-3-5-7-19)33-26(37)16-30-25(36)15-31-27(38)23(29)13-20-8-10-22(35)11-9-20/h3-11,17-18,21,23-24,35H,12-16,29H2,1-2H3,(H,30,36)(H,31,38)(H,32,39)(H,33,37)/t21-,23-,24-/m0/s1. The Kier molecular flexibility index (Phi) is 12.6. The van der Waals surface area contributed by atoms with Crippen LogP contribution < -0.4 is 27.0 Å². The second-order valence-corrected chi connectivity index (χ2v) is 9.66. The van der Waals surface area contributed by atoms with E-state index in [1.165, 1.54) is 12.1 Å². The second-order valence-electron chi connectivity index (χ2n) is 9.66. The van der Waals surface area contributed by atoms with Gasteiger partial charge in [0.2, 0.25) is 23.6 Å². The lowest BCUT2D eigenvalue weighted by Gasteiger charge is -2.22. The molecule has 0 heterocycles. The van der Waals surface area contributed by atoms with Crippen molar-refractivity contribution in [3.8, 4) is 5.75 Å². The van der Waals surface area contributed by atoms with Crippen molar-refractivity contribution in [1.29, 1.82) is 0 Å². The largest absolute Gasteiger partial charge is 0.508 e. The summed E-state index contributed by atoms with van der Waals surface area (Å²) in [6.07, 6.45) is 1.53. The van der Waals surface area contributed by atoms with Crippen molar-refractivity contribution in [3.05, 3.63) is 65.7 Å². The first-order valence-electron chi connectivity index (χ1n) is 12.7. The molecule has 0 unspecified atom stereocenters. The van der Waals surface area contributed by atoms with E-state index in [1.807, 2.05) is 44.2 Å². The fourth-order valence-corrected chi connectivity index (χ4v) is 3.76. The lowest BCUT2D eigenvalue weighted by Crippen LogP contribution is -2.53. The molecule has 0 saturated heterocycles. The van der Waals surface area contributed by atoms with Crippen LogP contribution in [0.5, 0.6) is 5.75 Å². The summed E-state index contributed by atoms with van der Waals surface area (Å²) in [4.78, 5) is 61.3. The molecule has 0 saturated carbocycles. The first-order chi connectivity index (χ1) is 18.6. The number of carbonyl (C=O) groups excluding carboxylic acids is 5. The van der Waals surface area contributed by atoms with E-state index in [2.05, 4.69) is 21.3 Å². The van der Waals surface area contributed by atoms with Crippen molar-refractivity contribution in [3.63, 3.8) is 0 Å². The number of hydrogen-bond donors (Lipinski definition) is 6. The summed E-state index contributed by atoms with van der Waals surface area (Å²) in [6.45, 7) is 3.05. The summed E-state index contributed by atoms with van der Waals surface area (Å²) in [6, 6.07) is 12.8. The van der Waals surface area contributed by atoms with E-state index < -0.39 is 48.3 Å². The zero-order chi connectivity index (χ0) is 28.8. The van der Waals surface area contributed by atoms with Gasteiger partial charge in [-0.3, -0.25) is 19.2 Å². The van der Waals surface area contributed by atoms with Crippen LogP contribution in [0.4, 0.5) is 0 Å². The van der Waals surface area contributed by atoms with Crippen LogP contribution in [0.25, 0.3) is 0 Å². The smallest absolute Gasteiger partial charge is 0.243 e. The Hall–Kier alpha value is -4.25. The van der Waals surface area contributed by atoms with E-state index in [4.69, 9.17) is 5.73 Å². The van der Waals surface area contributed by atoms with Crippen LogP contribution in [0.15, 0.2) is 54.6 Å². The summed E-state index contributed by atoms with van der Waals surface area (Å²) in [5.41, 5.74) is 7.43. The first-order valence-corrected chi connectivity index (χ1v) is 12.7. The quantitative estimate of drug-likeness (QED) is 0.172. The molecule has 0 aliphatic carbocycles. The molecule has 11 heteroatoms. The van der Waals surface area contributed by atoms with Gasteiger partial charge in [-0.1, -0.05) is 56.3 Å². The number of amides is 4. The minimum Gasteiger partial charge on any atom is -0.508 e. The van der Waals surface area contributed by atoms with Crippen molar-refractivity contribution in [2.24, 2.45) is 11.7 Å². The molecule has 3 atom stereocenters. The number of rotatable bonds is 15. The fourth-order valence-electron chi connectivity index (χ4n) is 3.76. The number of nitrogens with two attached hydrogens (primary N) is 1. The molecule has 0 spiro atoms. The van der Waals surface area contributed by atoms with Gasteiger partial charge in [-0.25, -0.2) is 0 Å². The predicted molar refractivity (Wildman–Crippen MR) is 145 cm³/mol.